The number of rotatable bonds is 6. The molecule has 0 fully saturated rings. The van der Waals surface area contributed by atoms with E-state index in [1.165, 1.54) is 32.2 Å². The first kappa shape index (κ1) is 27.2. The Bertz CT molecular complexity index is 1480. The molecule has 4 rings (SSSR count). The number of ketones is 1. The van der Waals surface area contributed by atoms with Gasteiger partial charge in [-0.25, -0.2) is 18.2 Å². The zero-order chi connectivity index (χ0) is 27.8. The fourth-order valence-electron chi connectivity index (χ4n) is 4.25. The molecule has 1 aliphatic rings. The monoisotopic (exact) mass is 586 g/mol. The number of benzene rings is 3. The van der Waals surface area contributed by atoms with Crippen LogP contribution in [0, 0.1) is 17.5 Å². The zero-order valence-electron chi connectivity index (χ0n) is 20.3. The Morgan fingerprint density at radius 3 is 2.37 bits per heavy atom. The van der Waals surface area contributed by atoms with E-state index in [2.05, 4.69) is 26.2 Å². The van der Waals surface area contributed by atoms with E-state index < -0.39 is 53.2 Å². The number of nitrogens with one attached hydrogen (secondary N) is 1. The van der Waals surface area contributed by atoms with Crippen molar-refractivity contribution in [2.75, 3.05) is 11.9 Å². The summed E-state index contributed by atoms with van der Waals surface area (Å²) in [5.74, 6) is -4.95. The van der Waals surface area contributed by atoms with Gasteiger partial charge in [-0.3, -0.25) is 20.1 Å². The molecule has 38 heavy (non-hydrogen) atoms. The maximum absolute atomic E-state index is 14.9. The molecule has 0 aromatic heterocycles. The maximum Gasteiger partial charge on any atom is 0.277 e. The van der Waals surface area contributed by atoms with E-state index in [-0.39, 0.29) is 16.8 Å². The first-order chi connectivity index (χ1) is 17.9. The molecule has 1 heterocycles. The van der Waals surface area contributed by atoms with Gasteiger partial charge in [0.15, 0.2) is 0 Å². The number of carbonyl (C=O) groups is 3. The highest BCUT2D eigenvalue weighted by molar-refractivity contribution is 9.10. The lowest BCUT2D eigenvalue weighted by atomic mass is 9.97. The Balaban J connectivity index is 1.72. The normalized spacial score (nSPS) is 17.8. The van der Waals surface area contributed by atoms with Gasteiger partial charge in [-0.05, 0) is 55.0 Å². The fraction of sp³-hybridized carbons (Fsp3) is 0.185. The van der Waals surface area contributed by atoms with Crippen molar-refractivity contribution in [1.29, 1.82) is 0 Å². The van der Waals surface area contributed by atoms with E-state index >= 15 is 0 Å². The van der Waals surface area contributed by atoms with Crippen LogP contribution in [0.25, 0.3) is 0 Å². The van der Waals surface area contributed by atoms with Crippen molar-refractivity contribution >= 4 is 44.9 Å². The number of hydrogen-bond acceptors (Lipinski definition) is 5. The molecule has 11 heteroatoms. The predicted molar refractivity (Wildman–Crippen MR) is 139 cm³/mol. The highest BCUT2D eigenvalue weighted by atomic mass is 79.9. The van der Waals surface area contributed by atoms with E-state index in [1.54, 1.807) is 24.3 Å². The number of fused-ring (bicyclic) bond motifs is 1. The minimum absolute atomic E-state index is 0.0161. The van der Waals surface area contributed by atoms with Gasteiger partial charge in [-0.1, -0.05) is 28.1 Å². The lowest BCUT2D eigenvalue weighted by molar-refractivity contribution is -0.136. The molecule has 1 unspecified atom stereocenters. The third-order valence-corrected chi connectivity index (χ3v) is 6.55. The summed E-state index contributed by atoms with van der Waals surface area (Å²) in [4.78, 5) is 45.2. The number of Topliss-reactive ketones (excluding diaryl/α,β-unsaturated/α-hetero) is 1. The quantitative estimate of drug-likeness (QED) is 0.430. The van der Waals surface area contributed by atoms with Gasteiger partial charge in [0.05, 0.1) is 23.9 Å². The van der Waals surface area contributed by atoms with E-state index in [0.29, 0.717) is 21.8 Å². The molecule has 0 saturated heterocycles. The molecule has 2 atom stereocenters. The predicted octanol–water partition coefficient (Wildman–Crippen LogP) is 3.65. The number of amides is 2. The highest BCUT2D eigenvalue weighted by Gasteiger charge is 2.49. The molecule has 7 nitrogen and oxygen atoms in total. The Morgan fingerprint density at radius 2 is 1.71 bits per heavy atom. The molecule has 0 aliphatic carbocycles. The summed E-state index contributed by atoms with van der Waals surface area (Å²) in [6.45, 7) is 1.31. The van der Waals surface area contributed by atoms with Crippen molar-refractivity contribution in [2.24, 2.45) is 10.7 Å². The third kappa shape index (κ3) is 5.25. The van der Waals surface area contributed by atoms with Gasteiger partial charge in [-0.2, -0.15) is 0 Å². The number of nitrogens with zero attached hydrogens (tertiary/aromatic N) is 2. The molecular formula is C27H22BrF3N4O3. The largest absolute Gasteiger partial charge is 0.346 e. The molecule has 3 aromatic rings. The van der Waals surface area contributed by atoms with Crippen molar-refractivity contribution < 1.29 is 27.6 Å². The summed E-state index contributed by atoms with van der Waals surface area (Å²) in [5.41, 5.74) is 4.59. The molecule has 0 bridgehead atoms. The zero-order valence-corrected chi connectivity index (χ0v) is 21.9. The summed E-state index contributed by atoms with van der Waals surface area (Å²) in [6.07, 6.45) is -0.430. The molecule has 2 amide bonds. The summed E-state index contributed by atoms with van der Waals surface area (Å²) in [6, 6.07) is 11.9. The number of nitrogens with two attached hydrogens (primary N) is 1. The SMILES string of the molecule is C[C@H](NC(=O)Cc1cc(F)cc(F)c1)C(=O)C1(N)N=C(c2ccccc2F)c2cc(Br)ccc2N(C)C1=O. The topological polar surface area (TPSA) is 105 Å². The van der Waals surface area contributed by atoms with Gasteiger partial charge in [-0.15, -0.1) is 0 Å². The van der Waals surface area contributed by atoms with Gasteiger partial charge in [0.1, 0.15) is 17.5 Å². The van der Waals surface area contributed by atoms with Crippen molar-refractivity contribution in [3.05, 3.63) is 99.3 Å². The molecular weight excluding hydrogens is 565 g/mol. The summed E-state index contributed by atoms with van der Waals surface area (Å²) < 4.78 is 42.5. The van der Waals surface area contributed by atoms with Crippen LogP contribution in [0.3, 0.4) is 0 Å². The van der Waals surface area contributed by atoms with Crippen LogP contribution in [-0.2, 0) is 20.8 Å². The molecule has 196 valence electrons. The van der Waals surface area contributed by atoms with Crippen molar-refractivity contribution in [1.82, 2.24) is 5.32 Å². The Kier molecular flexibility index (Phi) is 7.52. The highest BCUT2D eigenvalue weighted by Crippen LogP contribution is 2.33. The smallest absolute Gasteiger partial charge is 0.277 e. The van der Waals surface area contributed by atoms with Crippen LogP contribution in [0.15, 0.2) is 70.1 Å². The van der Waals surface area contributed by atoms with E-state index in [0.717, 1.165) is 17.0 Å². The van der Waals surface area contributed by atoms with E-state index in [1.807, 2.05) is 0 Å². The number of aliphatic imine (C=N–C) groups is 1. The maximum atomic E-state index is 14.9. The average Bonchev–Trinajstić information content (AvgIpc) is 2.92. The minimum Gasteiger partial charge on any atom is -0.346 e. The first-order valence-corrected chi connectivity index (χ1v) is 12.2. The average molecular weight is 587 g/mol. The summed E-state index contributed by atoms with van der Waals surface area (Å²) in [5, 5.41) is 2.41. The van der Waals surface area contributed by atoms with E-state index in [9.17, 15) is 27.6 Å². The van der Waals surface area contributed by atoms with Gasteiger partial charge >= 0.3 is 0 Å². The van der Waals surface area contributed by atoms with Crippen LogP contribution in [0.1, 0.15) is 23.6 Å². The number of halogens is 4. The molecule has 1 aliphatic heterocycles. The second-order valence-corrected chi connectivity index (χ2v) is 9.76. The summed E-state index contributed by atoms with van der Waals surface area (Å²) >= 11 is 3.37. The second-order valence-electron chi connectivity index (χ2n) is 8.84. The number of hydrogen-bond donors (Lipinski definition) is 2. The first-order valence-electron chi connectivity index (χ1n) is 11.4. The van der Waals surface area contributed by atoms with Crippen LogP contribution < -0.4 is 16.0 Å². The number of benzodiazepines with no additional fused rings is 1. The van der Waals surface area contributed by atoms with Gasteiger partial charge < -0.3 is 10.2 Å². The van der Waals surface area contributed by atoms with Gasteiger partial charge in [0.25, 0.3) is 5.91 Å². The second kappa shape index (κ2) is 10.5. The molecule has 0 radical (unpaired) electrons. The molecule has 3 aromatic carbocycles. The molecule has 0 spiro atoms. The lowest BCUT2D eigenvalue weighted by Gasteiger charge is -2.29. The number of anilines is 1. The van der Waals surface area contributed by atoms with Crippen LogP contribution in [0.2, 0.25) is 0 Å². The Morgan fingerprint density at radius 1 is 1.05 bits per heavy atom. The fourth-order valence-corrected chi connectivity index (χ4v) is 4.61. The Hall–Kier alpha value is -3.83. The number of carbonyl (C=O) groups excluding carboxylic acids is 3. The number of likely N-dealkylation sites (N-methyl/N-ethyl adjacent to an activating group) is 1. The summed E-state index contributed by atoms with van der Waals surface area (Å²) in [7, 11) is 1.41. The van der Waals surface area contributed by atoms with Crippen LogP contribution >= 0.6 is 15.9 Å². The standard InChI is InChI=1S/C27H22BrF3N4O3/c1-14(33-23(36)11-15-9-17(29)13-18(30)10-15)25(37)27(32)26(38)35(2)22-8-7-16(28)12-20(22)24(34-27)19-5-3-4-6-21(19)31/h3-10,12-14H,11,32H2,1-2H3,(H,33,36)/t14-,27?/m0/s1. The third-order valence-electron chi connectivity index (χ3n) is 6.06. The van der Waals surface area contributed by atoms with Crippen LogP contribution in [0.4, 0.5) is 18.9 Å². The minimum atomic E-state index is -2.53. The molecule has 0 saturated carbocycles. The molecule has 3 N–H and O–H groups in total. The van der Waals surface area contributed by atoms with Crippen molar-refractivity contribution in [2.45, 2.75) is 25.0 Å². The van der Waals surface area contributed by atoms with Crippen molar-refractivity contribution in [3.8, 4) is 0 Å². The lowest BCUT2D eigenvalue weighted by Crippen LogP contribution is -2.63. The van der Waals surface area contributed by atoms with Crippen molar-refractivity contribution in [3.63, 3.8) is 0 Å². The van der Waals surface area contributed by atoms with Crippen LogP contribution in [0.5, 0.6) is 0 Å². The Labute approximate surface area is 224 Å². The van der Waals surface area contributed by atoms with Crippen LogP contribution in [-0.4, -0.2) is 42.1 Å². The van der Waals surface area contributed by atoms with Gasteiger partial charge in [0.2, 0.25) is 17.4 Å². The van der Waals surface area contributed by atoms with E-state index in [4.69, 9.17) is 5.73 Å². The van der Waals surface area contributed by atoms with Gasteiger partial charge in [0, 0.05) is 28.7 Å².